The Labute approximate surface area is 240 Å². The van der Waals surface area contributed by atoms with Gasteiger partial charge in [0.25, 0.3) is 0 Å². The molecule has 1 nitrogen and oxygen atoms in total. The molecule has 0 aliphatic rings. The second kappa shape index (κ2) is 33.9. The van der Waals surface area contributed by atoms with Gasteiger partial charge in [-0.2, -0.15) is 0 Å². The van der Waals surface area contributed by atoms with Gasteiger partial charge in [-0.3, -0.25) is 0 Å². The van der Waals surface area contributed by atoms with E-state index >= 15 is 0 Å². The van der Waals surface area contributed by atoms with Crippen LogP contribution in [0.2, 0.25) is 0 Å². The first kappa shape index (κ1) is 36.9. The summed E-state index contributed by atoms with van der Waals surface area (Å²) >= 11 is 0. The van der Waals surface area contributed by atoms with E-state index in [1.165, 1.54) is 148 Å². The first-order valence-electron chi connectivity index (χ1n) is 17.0. The molecule has 0 aliphatic heterocycles. The van der Waals surface area contributed by atoms with Crippen molar-refractivity contribution in [1.82, 2.24) is 0 Å². The average Bonchev–Trinajstić information content (AvgIpc) is 2.93. The van der Waals surface area contributed by atoms with Crippen molar-refractivity contribution in [1.29, 1.82) is 0 Å². The van der Waals surface area contributed by atoms with Gasteiger partial charge in [0.05, 0.1) is 6.10 Å². The van der Waals surface area contributed by atoms with Crippen LogP contribution in [0.4, 0.5) is 0 Å². The minimum Gasteiger partial charge on any atom is -0.381 e. The molecule has 1 heteroatoms. The third kappa shape index (κ3) is 31.1. The molecule has 0 bridgehead atoms. The largest absolute Gasteiger partial charge is 0.381 e. The molecule has 0 fully saturated rings. The Kier molecular flexibility index (Phi) is 33.0. The molecular formula is C37H68O. The summed E-state index contributed by atoms with van der Waals surface area (Å²) in [4.78, 5) is 0. The van der Waals surface area contributed by atoms with E-state index in [9.17, 15) is 0 Å². The summed E-state index contributed by atoms with van der Waals surface area (Å²) in [6.45, 7) is 4.52. The standard InChI is InChI=1S/C37H68O/c1-4-6-8-10-12-14-16-18-20-22-24-26-28-30-32-34-36-37(38-3)35-33-31-29-27-25-23-21-19-17-15-13-11-9-7-5-2/h11-14,17-20,37H,4-10,15-16,21-36H2,1-3H3/b13-11-,14-12-,19-17-,20-18-. The van der Waals surface area contributed by atoms with Crippen LogP contribution in [0.15, 0.2) is 48.6 Å². The summed E-state index contributed by atoms with van der Waals surface area (Å²) in [7, 11) is 1.91. The summed E-state index contributed by atoms with van der Waals surface area (Å²) in [5.41, 5.74) is 0. The Morgan fingerprint density at radius 3 is 1.13 bits per heavy atom. The number of ether oxygens (including phenoxy) is 1. The smallest absolute Gasteiger partial charge is 0.0571 e. The molecule has 0 aromatic rings. The highest BCUT2D eigenvalue weighted by atomic mass is 16.5. The molecule has 0 spiro atoms. The molecule has 0 aromatic heterocycles. The normalized spacial score (nSPS) is 13.2. The van der Waals surface area contributed by atoms with Crippen LogP contribution in [0, 0.1) is 0 Å². The number of rotatable bonds is 30. The Balaban J connectivity index is 3.41. The van der Waals surface area contributed by atoms with E-state index in [-0.39, 0.29) is 0 Å². The summed E-state index contributed by atoms with van der Waals surface area (Å²) in [6, 6.07) is 0. The van der Waals surface area contributed by atoms with Gasteiger partial charge >= 0.3 is 0 Å². The minimum atomic E-state index is 0.488. The van der Waals surface area contributed by atoms with Crippen molar-refractivity contribution in [2.24, 2.45) is 0 Å². The molecule has 0 saturated carbocycles. The molecular weight excluding hydrogens is 460 g/mol. The first-order chi connectivity index (χ1) is 18.8. The van der Waals surface area contributed by atoms with Gasteiger partial charge < -0.3 is 4.74 Å². The summed E-state index contributed by atoms with van der Waals surface area (Å²) in [5.74, 6) is 0. The van der Waals surface area contributed by atoms with E-state index in [4.69, 9.17) is 4.74 Å². The SMILES string of the molecule is CCCC/C=C\C/C=C\CCCCCCCCC(CCCCCCCC/C=C\C/C=C\CCCCC)OC. The Morgan fingerprint density at radius 1 is 0.395 bits per heavy atom. The highest BCUT2D eigenvalue weighted by Crippen LogP contribution is 2.16. The predicted octanol–water partition coefficient (Wildman–Crippen LogP) is 13.0. The third-order valence-electron chi connectivity index (χ3n) is 7.54. The highest BCUT2D eigenvalue weighted by Gasteiger charge is 2.06. The van der Waals surface area contributed by atoms with E-state index in [1.807, 2.05) is 7.11 Å². The topological polar surface area (TPSA) is 9.23 Å². The molecule has 0 aromatic carbocycles. The zero-order chi connectivity index (χ0) is 27.6. The zero-order valence-electron chi connectivity index (χ0n) is 26.3. The summed E-state index contributed by atoms with van der Waals surface area (Å²) < 4.78 is 5.77. The van der Waals surface area contributed by atoms with Gasteiger partial charge in [-0.25, -0.2) is 0 Å². The van der Waals surface area contributed by atoms with Gasteiger partial charge in [0, 0.05) is 7.11 Å². The molecule has 0 saturated heterocycles. The lowest BCUT2D eigenvalue weighted by Crippen LogP contribution is -2.10. The summed E-state index contributed by atoms with van der Waals surface area (Å²) in [5, 5.41) is 0. The fourth-order valence-electron chi connectivity index (χ4n) is 4.91. The van der Waals surface area contributed by atoms with E-state index in [2.05, 4.69) is 62.5 Å². The Morgan fingerprint density at radius 2 is 0.737 bits per heavy atom. The maximum Gasteiger partial charge on any atom is 0.0571 e. The molecule has 0 rings (SSSR count). The van der Waals surface area contributed by atoms with Crippen LogP contribution < -0.4 is 0 Å². The third-order valence-corrected chi connectivity index (χ3v) is 7.54. The molecule has 0 radical (unpaired) electrons. The lowest BCUT2D eigenvalue weighted by Gasteiger charge is -2.15. The van der Waals surface area contributed by atoms with Crippen LogP contribution >= 0.6 is 0 Å². The van der Waals surface area contributed by atoms with Crippen molar-refractivity contribution in [2.45, 2.75) is 180 Å². The fourth-order valence-corrected chi connectivity index (χ4v) is 4.91. The number of allylic oxidation sites excluding steroid dienone is 8. The van der Waals surface area contributed by atoms with Crippen molar-refractivity contribution < 1.29 is 4.74 Å². The maximum atomic E-state index is 5.77. The molecule has 222 valence electrons. The second-order valence-corrected chi connectivity index (χ2v) is 11.3. The van der Waals surface area contributed by atoms with Crippen molar-refractivity contribution in [3.05, 3.63) is 48.6 Å². The maximum absolute atomic E-state index is 5.77. The average molecular weight is 529 g/mol. The van der Waals surface area contributed by atoms with Gasteiger partial charge in [-0.15, -0.1) is 0 Å². The van der Waals surface area contributed by atoms with Crippen LogP contribution in [-0.4, -0.2) is 13.2 Å². The van der Waals surface area contributed by atoms with E-state index in [0.29, 0.717) is 6.10 Å². The molecule has 0 N–H and O–H groups in total. The molecule has 1 atom stereocenters. The van der Waals surface area contributed by atoms with Crippen LogP contribution in [-0.2, 0) is 4.74 Å². The van der Waals surface area contributed by atoms with Crippen molar-refractivity contribution in [3.63, 3.8) is 0 Å². The molecule has 38 heavy (non-hydrogen) atoms. The van der Waals surface area contributed by atoms with Gasteiger partial charge in [0.2, 0.25) is 0 Å². The predicted molar refractivity (Wildman–Crippen MR) is 174 cm³/mol. The molecule has 0 amide bonds. The zero-order valence-corrected chi connectivity index (χ0v) is 26.3. The number of hydrogen-bond acceptors (Lipinski definition) is 1. The molecule has 1 unspecified atom stereocenters. The van der Waals surface area contributed by atoms with Crippen molar-refractivity contribution in [3.8, 4) is 0 Å². The first-order valence-corrected chi connectivity index (χ1v) is 17.0. The van der Waals surface area contributed by atoms with Gasteiger partial charge in [0.1, 0.15) is 0 Å². The lowest BCUT2D eigenvalue weighted by atomic mass is 10.0. The van der Waals surface area contributed by atoms with E-state index in [0.717, 1.165) is 12.8 Å². The van der Waals surface area contributed by atoms with Gasteiger partial charge in [-0.05, 0) is 70.6 Å². The van der Waals surface area contributed by atoms with Crippen LogP contribution in [0.3, 0.4) is 0 Å². The van der Waals surface area contributed by atoms with Crippen LogP contribution in [0.25, 0.3) is 0 Å². The Hall–Kier alpha value is -1.08. The Bertz CT molecular complexity index is 541. The van der Waals surface area contributed by atoms with Gasteiger partial charge in [0.15, 0.2) is 0 Å². The quantitative estimate of drug-likeness (QED) is 0.0665. The van der Waals surface area contributed by atoms with E-state index in [1.54, 1.807) is 0 Å². The molecule has 0 aliphatic carbocycles. The van der Waals surface area contributed by atoms with Crippen LogP contribution in [0.1, 0.15) is 174 Å². The lowest BCUT2D eigenvalue weighted by molar-refractivity contribution is 0.0831. The fraction of sp³-hybridized carbons (Fsp3) is 0.784. The second-order valence-electron chi connectivity index (χ2n) is 11.3. The highest BCUT2D eigenvalue weighted by molar-refractivity contribution is 4.93. The van der Waals surface area contributed by atoms with Crippen molar-refractivity contribution >= 4 is 0 Å². The minimum absolute atomic E-state index is 0.488. The van der Waals surface area contributed by atoms with E-state index < -0.39 is 0 Å². The molecule has 0 heterocycles. The van der Waals surface area contributed by atoms with Crippen LogP contribution in [0.5, 0.6) is 0 Å². The summed E-state index contributed by atoms with van der Waals surface area (Å²) in [6.07, 6.45) is 52.1. The monoisotopic (exact) mass is 529 g/mol. The van der Waals surface area contributed by atoms with Crippen molar-refractivity contribution in [2.75, 3.05) is 7.11 Å². The number of methoxy groups -OCH3 is 1. The number of hydrogen-bond donors (Lipinski definition) is 0. The number of unbranched alkanes of at least 4 members (excludes halogenated alkanes) is 17. The van der Waals surface area contributed by atoms with Gasteiger partial charge in [-0.1, -0.05) is 152 Å².